The highest BCUT2D eigenvalue weighted by molar-refractivity contribution is 4.95. The summed E-state index contributed by atoms with van der Waals surface area (Å²) in [7, 11) is 0. The number of hydrogen-bond donors (Lipinski definition) is 0. The lowest BCUT2D eigenvalue weighted by Gasteiger charge is -1.88. The molecular formula is C10H20. The Kier molecular flexibility index (Phi) is 13.8. The average Bonchev–Trinajstić information content (AvgIpc) is 1.90. The minimum absolute atomic E-state index is 1.18. The van der Waals surface area contributed by atoms with Crippen LogP contribution in [0.5, 0.6) is 0 Å². The molecule has 0 spiro atoms. The highest BCUT2D eigenvalue weighted by Gasteiger charge is 1.76. The van der Waals surface area contributed by atoms with Crippen molar-refractivity contribution in [1.29, 1.82) is 0 Å². The largest absolute Gasteiger partial charge is 0.103 e. The van der Waals surface area contributed by atoms with Crippen LogP contribution in [0.3, 0.4) is 0 Å². The maximum absolute atomic E-state index is 3.36. The minimum Gasteiger partial charge on any atom is -0.103 e. The van der Waals surface area contributed by atoms with E-state index in [0.29, 0.717) is 0 Å². The lowest BCUT2D eigenvalue weighted by atomic mass is 10.2. The van der Waals surface area contributed by atoms with Gasteiger partial charge in [0.05, 0.1) is 0 Å². The van der Waals surface area contributed by atoms with Crippen LogP contribution in [0.2, 0.25) is 0 Å². The first-order valence-corrected chi connectivity index (χ1v) is 3.95. The molecule has 0 atom stereocenters. The molecule has 0 nitrogen and oxygen atoms in total. The van der Waals surface area contributed by atoms with Crippen molar-refractivity contribution in [2.24, 2.45) is 0 Å². The second kappa shape index (κ2) is 11.3. The summed E-state index contributed by atoms with van der Waals surface area (Å²) in [6, 6.07) is 0. The van der Waals surface area contributed by atoms with E-state index in [4.69, 9.17) is 0 Å². The second-order valence-electron chi connectivity index (χ2n) is 2.22. The summed E-state index contributed by atoms with van der Waals surface area (Å²) in [5.74, 6) is 0. The molecule has 0 aromatic carbocycles. The Labute approximate surface area is 65.7 Å². The van der Waals surface area contributed by atoms with Crippen LogP contribution >= 0.6 is 0 Å². The Morgan fingerprint density at radius 2 is 1.80 bits per heavy atom. The lowest BCUT2D eigenvalue weighted by Crippen LogP contribution is -1.67. The topological polar surface area (TPSA) is 0 Å². The maximum Gasteiger partial charge on any atom is -0.0352 e. The SMILES string of the molecule is C=CC.CC/C=C(/C)CC. The molecule has 0 saturated heterocycles. The van der Waals surface area contributed by atoms with Gasteiger partial charge in [-0.15, -0.1) is 6.58 Å². The Bertz CT molecular complexity index is 88.2. The molecule has 0 radical (unpaired) electrons. The summed E-state index contributed by atoms with van der Waals surface area (Å²) in [6.45, 7) is 11.8. The fraction of sp³-hybridized carbons (Fsp3) is 0.600. The Balaban J connectivity index is 0. The van der Waals surface area contributed by atoms with Crippen molar-refractivity contribution < 1.29 is 0 Å². The van der Waals surface area contributed by atoms with E-state index in [2.05, 4.69) is 33.4 Å². The van der Waals surface area contributed by atoms with Gasteiger partial charge >= 0.3 is 0 Å². The maximum atomic E-state index is 3.36. The standard InChI is InChI=1S/C7H14.C3H6/c1-4-6-7(3)5-2;1-3-2/h6H,4-5H2,1-3H3;3H,1H2,2H3/b7-6-;. The van der Waals surface area contributed by atoms with Crippen molar-refractivity contribution in [3.63, 3.8) is 0 Å². The molecule has 10 heavy (non-hydrogen) atoms. The monoisotopic (exact) mass is 140 g/mol. The van der Waals surface area contributed by atoms with Crippen molar-refractivity contribution in [3.05, 3.63) is 24.3 Å². The van der Waals surface area contributed by atoms with Crippen LogP contribution < -0.4 is 0 Å². The van der Waals surface area contributed by atoms with Gasteiger partial charge in [-0.3, -0.25) is 0 Å². The van der Waals surface area contributed by atoms with Crippen LogP contribution in [0, 0.1) is 0 Å². The number of allylic oxidation sites excluding steroid dienone is 3. The van der Waals surface area contributed by atoms with Crippen LogP contribution in [0.1, 0.15) is 40.5 Å². The molecule has 0 aliphatic rings. The van der Waals surface area contributed by atoms with Crippen molar-refractivity contribution in [3.8, 4) is 0 Å². The van der Waals surface area contributed by atoms with E-state index in [9.17, 15) is 0 Å². The van der Waals surface area contributed by atoms with Gasteiger partial charge in [-0.2, -0.15) is 0 Å². The number of rotatable bonds is 2. The molecule has 0 bridgehead atoms. The smallest absolute Gasteiger partial charge is 0.0352 e. The van der Waals surface area contributed by atoms with E-state index in [1.807, 2.05) is 6.92 Å². The molecule has 60 valence electrons. The fourth-order valence-corrected chi connectivity index (χ4v) is 0.493. The van der Waals surface area contributed by atoms with Gasteiger partial charge in [0.1, 0.15) is 0 Å². The van der Waals surface area contributed by atoms with E-state index < -0.39 is 0 Å². The van der Waals surface area contributed by atoms with Gasteiger partial charge in [-0.1, -0.05) is 31.6 Å². The summed E-state index contributed by atoms with van der Waals surface area (Å²) >= 11 is 0. The minimum atomic E-state index is 1.18. The predicted molar refractivity (Wildman–Crippen MR) is 50.2 cm³/mol. The first-order valence-electron chi connectivity index (χ1n) is 3.95. The Morgan fingerprint density at radius 1 is 1.40 bits per heavy atom. The molecule has 0 unspecified atom stereocenters. The third-order valence-corrected chi connectivity index (χ3v) is 1.11. The highest BCUT2D eigenvalue weighted by Crippen LogP contribution is 1.97. The molecular weight excluding hydrogens is 120 g/mol. The summed E-state index contributed by atoms with van der Waals surface area (Å²) in [5.41, 5.74) is 1.50. The van der Waals surface area contributed by atoms with E-state index in [1.165, 1.54) is 18.4 Å². The normalized spacial score (nSPS) is 9.80. The average molecular weight is 140 g/mol. The van der Waals surface area contributed by atoms with Crippen LogP contribution in [0.15, 0.2) is 24.3 Å². The van der Waals surface area contributed by atoms with E-state index in [0.717, 1.165) is 0 Å². The quantitative estimate of drug-likeness (QED) is 0.509. The Morgan fingerprint density at radius 3 is 1.90 bits per heavy atom. The molecule has 0 N–H and O–H groups in total. The molecule has 0 amide bonds. The van der Waals surface area contributed by atoms with Gasteiger partial charge in [0.25, 0.3) is 0 Å². The van der Waals surface area contributed by atoms with Crippen LogP contribution in [-0.4, -0.2) is 0 Å². The van der Waals surface area contributed by atoms with Crippen molar-refractivity contribution in [2.45, 2.75) is 40.5 Å². The summed E-state index contributed by atoms with van der Waals surface area (Å²) in [6.07, 6.45) is 6.40. The van der Waals surface area contributed by atoms with Gasteiger partial charge in [0, 0.05) is 0 Å². The summed E-state index contributed by atoms with van der Waals surface area (Å²) in [4.78, 5) is 0. The Hall–Kier alpha value is -0.520. The molecule has 0 heterocycles. The molecule has 0 aromatic heterocycles. The third kappa shape index (κ3) is 15.6. The molecule has 0 aliphatic carbocycles. The highest BCUT2D eigenvalue weighted by atomic mass is 13.8. The summed E-state index contributed by atoms with van der Waals surface area (Å²) in [5, 5.41) is 0. The zero-order chi connectivity index (χ0) is 8.41. The van der Waals surface area contributed by atoms with Crippen LogP contribution in [0.4, 0.5) is 0 Å². The first kappa shape index (κ1) is 12.2. The van der Waals surface area contributed by atoms with Crippen LogP contribution in [-0.2, 0) is 0 Å². The summed E-state index contributed by atoms with van der Waals surface area (Å²) < 4.78 is 0. The van der Waals surface area contributed by atoms with Crippen molar-refractivity contribution >= 4 is 0 Å². The zero-order valence-electron chi connectivity index (χ0n) is 7.78. The van der Waals surface area contributed by atoms with E-state index in [-0.39, 0.29) is 0 Å². The number of hydrogen-bond acceptors (Lipinski definition) is 0. The predicted octanol–water partition coefficient (Wildman–Crippen LogP) is 3.95. The molecule has 0 saturated carbocycles. The van der Waals surface area contributed by atoms with Gasteiger partial charge in [0.15, 0.2) is 0 Å². The van der Waals surface area contributed by atoms with Crippen molar-refractivity contribution in [2.75, 3.05) is 0 Å². The van der Waals surface area contributed by atoms with Gasteiger partial charge in [0.2, 0.25) is 0 Å². The van der Waals surface area contributed by atoms with Gasteiger partial charge < -0.3 is 0 Å². The van der Waals surface area contributed by atoms with Gasteiger partial charge in [-0.05, 0) is 26.7 Å². The molecule has 0 aliphatic heterocycles. The lowest BCUT2D eigenvalue weighted by molar-refractivity contribution is 1.06. The fourth-order valence-electron chi connectivity index (χ4n) is 0.493. The van der Waals surface area contributed by atoms with Gasteiger partial charge in [-0.25, -0.2) is 0 Å². The zero-order valence-corrected chi connectivity index (χ0v) is 7.78. The second-order valence-corrected chi connectivity index (χ2v) is 2.22. The van der Waals surface area contributed by atoms with E-state index >= 15 is 0 Å². The van der Waals surface area contributed by atoms with Crippen LogP contribution in [0.25, 0.3) is 0 Å². The molecule has 0 fully saturated rings. The molecule has 0 heteroatoms. The van der Waals surface area contributed by atoms with E-state index in [1.54, 1.807) is 6.08 Å². The molecule has 0 rings (SSSR count). The molecule has 0 aromatic rings. The van der Waals surface area contributed by atoms with Crippen molar-refractivity contribution in [1.82, 2.24) is 0 Å². The third-order valence-electron chi connectivity index (χ3n) is 1.11. The first-order chi connectivity index (χ1) is 4.72.